The topological polar surface area (TPSA) is 119 Å². The molecule has 0 aliphatic heterocycles. The second kappa shape index (κ2) is 34.8. The summed E-state index contributed by atoms with van der Waals surface area (Å²) in [5.74, 6) is 11.0. The third kappa shape index (κ3) is 23.2. The molecule has 4 aromatic rings. The molecule has 1 amide bonds. The van der Waals surface area contributed by atoms with Crippen LogP contribution < -0.4 is 40.2 Å². The van der Waals surface area contributed by atoms with Crippen LogP contribution in [0.3, 0.4) is 0 Å². The number of methoxy groups -OCH3 is 4. The fourth-order valence-corrected chi connectivity index (χ4v) is 11.2. The van der Waals surface area contributed by atoms with Crippen molar-refractivity contribution in [2.24, 2.45) is 11.8 Å². The summed E-state index contributed by atoms with van der Waals surface area (Å²) >= 11 is 7.39. The molecular weight excluding hydrogens is 892 g/mol. The summed E-state index contributed by atoms with van der Waals surface area (Å²) in [7, 11) is 14.3. The van der Waals surface area contributed by atoms with Crippen molar-refractivity contribution in [2.45, 2.75) is 54.4 Å². The van der Waals surface area contributed by atoms with Gasteiger partial charge in [0.05, 0.1) is 40.4 Å². The zero-order chi connectivity index (χ0) is 46.4. The normalized spacial score (nSPS) is 12.6. The largest absolute Gasteiger partial charge is 0.497 e. The van der Waals surface area contributed by atoms with Gasteiger partial charge in [0, 0.05) is 68.2 Å². The van der Waals surface area contributed by atoms with Crippen LogP contribution in [-0.4, -0.2) is 118 Å². The summed E-state index contributed by atoms with van der Waals surface area (Å²) < 4.78 is 20.9. The molecule has 0 saturated carbocycles. The van der Waals surface area contributed by atoms with E-state index in [1.807, 2.05) is 96.3 Å². The number of carbonyl (C=O) groups excluding carboxylic acids is 2. The fourth-order valence-electron chi connectivity index (χ4n) is 6.60. The van der Waals surface area contributed by atoms with Gasteiger partial charge in [0.15, 0.2) is 5.78 Å². The van der Waals surface area contributed by atoms with Gasteiger partial charge in [0.1, 0.15) is 23.0 Å². The number of amides is 1. The van der Waals surface area contributed by atoms with E-state index in [0.29, 0.717) is 23.5 Å². The average molecular weight is 964 g/mol. The van der Waals surface area contributed by atoms with Gasteiger partial charge in [0.2, 0.25) is 5.91 Å². The molecule has 4 atom stereocenters. The van der Waals surface area contributed by atoms with Crippen LogP contribution in [0.4, 0.5) is 0 Å². The Labute approximate surface area is 409 Å². The number of Topliss-reactive ketones (excluding diaryl/α,β-unsaturated/α-hetero) is 1. The van der Waals surface area contributed by atoms with Crippen LogP contribution in [0.15, 0.2) is 97.1 Å². The van der Waals surface area contributed by atoms with Gasteiger partial charge in [-0.25, -0.2) is 0 Å². The van der Waals surface area contributed by atoms with Gasteiger partial charge in [-0.2, -0.15) is 47.0 Å². The molecule has 4 rings (SSSR count). The van der Waals surface area contributed by atoms with Crippen LogP contribution >= 0.6 is 47.0 Å². The van der Waals surface area contributed by atoms with E-state index in [2.05, 4.69) is 59.6 Å². The second-order valence-corrected chi connectivity index (χ2v) is 19.4. The zero-order valence-electron chi connectivity index (χ0n) is 39.7. The first-order chi connectivity index (χ1) is 31.2. The Hall–Kier alpha value is -3.44. The SMILES string of the molecule is CNC(=O)[C@H](CSCc1ccc(OC)cc1)CC(=O)[C@H](CSCc1ccc(OC)cc1)NC.CNC[C@@H](CC[C@H](CSCc1ccc(OC)cc1)NC)CSCc1ccc(OC)cc1.[B]. The van der Waals surface area contributed by atoms with E-state index in [-0.39, 0.29) is 38.5 Å². The molecule has 65 heavy (non-hydrogen) atoms. The van der Waals surface area contributed by atoms with Crippen molar-refractivity contribution in [3.05, 3.63) is 119 Å². The number of nitrogens with one attached hydrogen (secondary N) is 4. The molecule has 0 bridgehead atoms. The van der Waals surface area contributed by atoms with Crippen molar-refractivity contribution in [1.82, 2.24) is 21.3 Å². The number of ether oxygens (including phenoxy) is 4. The maximum atomic E-state index is 12.9. The number of ketones is 1. The van der Waals surface area contributed by atoms with E-state index < -0.39 is 0 Å². The van der Waals surface area contributed by atoms with Crippen molar-refractivity contribution in [3.8, 4) is 23.0 Å². The molecule has 4 aromatic carbocycles. The van der Waals surface area contributed by atoms with Crippen molar-refractivity contribution in [3.63, 3.8) is 0 Å². The highest BCUT2D eigenvalue weighted by atomic mass is 32.2. The van der Waals surface area contributed by atoms with Gasteiger partial charge in [-0.15, -0.1) is 0 Å². The summed E-state index contributed by atoms with van der Waals surface area (Å²) in [5, 5.41) is 12.7. The van der Waals surface area contributed by atoms with Gasteiger partial charge in [-0.3, -0.25) is 9.59 Å². The predicted octanol–water partition coefficient (Wildman–Crippen LogP) is 8.47. The minimum Gasteiger partial charge on any atom is -0.497 e. The minimum absolute atomic E-state index is 0. The number of rotatable bonds is 31. The number of benzene rings is 4. The molecule has 0 aliphatic carbocycles. The van der Waals surface area contributed by atoms with Crippen LogP contribution in [-0.2, 0) is 32.6 Å². The Morgan fingerprint density at radius 3 is 1.25 bits per heavy atom. The third-order valence-electron chi connectivity index (χ3n) is 10.6. The highest BCUT2D eigenvalue weighted by Gasteiger charge is 2.25. The van der Waals surface area contributed by atoms with Gasteiger partial charge in [0.25, 0.3) is 0 Å². The van der Waals surface area contributed by atoms with Crippen LogP contribution in [0.25, 0.3) is 0 Å². The fraction of sp³-hybridized carbons (Fsp3) is 0.480. The van der Waals surface area contributed by atoms with Crippen molar-refractivity contribution in [2.75, 3.05) is 86.2 Å². The molecule has 355 valence electrons. The summed E-state index contributed by atoms with van der Waals surface area (Å²) in [6, 6.07) is 32.9. The first-order valence-electron chi connectivity index (χ1n) is 21.7. The third-order valence-corrected chi connectivity index (χ3v) is 15.3. The smallest absolute Gasteiger partial charge is 0.224 e. The summed E-state index contributed by atoms with van der Waals surface area (Å²) in [5.41, 5.74) is 5.05. The standard InChI is InChI=1S/C25H34N2O4S2.C25H38N2O2S2.B/c1-26-23(17-33-15-19-7-11-22(31-4)12-8-19)24(28)13-20(25(29)27-2)16-32-14-18-5-9-21(30-3)10-6-18;1-26-15-22(18-30-16-20-6-11-24(28-3)12-7-20)5-10-23(27-2)19-31-17-21-8-13-25(29-4)14-9-21;/h5-12,20,23,26H,13-17H2,1-4H3,(H,27,29);6-9,11-14,22-23,26-27H,5,10,15-19H2,1-4H3;/t20-,23-;22-,23-;/m01./s1. The maximum absolute atomic E-state index is 12.9. The molecule has 3 radical (unpaired) electrons. The average Bonchev–Trinajstić information content (AvgIpc) is 3.34. The lowest BCUT2D eigenvalue weighted by atomic mass is 10.00. The van der Waals surface area contributed by atoms with E-state index >= 15 is 0 Å². The van der Waals surface area contributed by atoms with Gasteiger partial charge in [-0.05, 0) is 123 Å². The maximum Gasteiger partial charge on any atom is 0.224 e. The molecule has 0 aliphatic rings. The van der Waals surface area contributed by atoms with Gasteiger partial charge in [-0.1, -0.05) is 48.5 Å². The molecular formula is C50H72BN4O6S4. The van der Waals surface area contributed by atoms with Crippen molar-refractivity contribution < 1.29 is 28.5 Å². The van der Waals surface area contributed by atoms with Gasteiger partial charge >= 0.3 is 0 Å². The Morgan fingerprint density at radius 1 is 0.508 bits per heavy atom. The summed E-state index contributed by atoms with van der Waals surface area (Å²) in [4.78, 5) is 25.3. The van der Waals surface area contributed by atoms with E-state index in [0.717, 1.165) is 63.9 Å². The lowest BCUT2D eigenvalue weighted by Gasteiger charge is -2.21. The molecule has 0 aromatic heterocycles. The molecule has 0 saturated heterocycles. The van der Waals surface area contributed by atoms with E-state index in [1.54, 1.807) is 66.1 Å². The van der Waals surface area contributed by atoms with E-state index in [9.17, 15) is 9.59 Å². The second-order valence-electron chi connectivity index (χ2n) is 15.3. The number of thioether (sulfide) groups is 4. The first kappa shape index (κ1) is 57.7. The molecule has 0 unspecified atom stereocenters. The van der Waals surface area contributed by atoms with Crippen LogP contribution in [0.1, 0.15) is 41.5 Å². The quantitative estimate of drug-likeness (QED) is 0.0362. The Bertz CT molecular complexity index is 1850. The minimum atomic E-state index is -0.354. The summed E-state index contributed by atoms with van der Waals surface area (Å²) in [6.45, 7) is 1.07. The highest BCUT2D eigenvalue weighted by Crippen LogP contribution is 2.25. The summed E-state index contributed by atoms with van der Waals surface area (Å²) in [6.07, 6.45) is 2.68. The Kier molecular flexibility index (Phi) is 30.9. The Balaban J connectivity index is 0.000000441. The van der Waals surface area contributed by atoms with Crippen LogP contribution in [0.5, 0.6) is 23.0 Å². The molecule has 15 heteroatoms. The predicted molar refractivity (Wildman–Crippen MR) is 282 cm³/mol. The first-order valence-corrected chi connectivity index (χ1v) is 26.4. The van der Waals surface area contributed by atoms with Crippen LogP contribution in [0, 0.1) is 11.8 Å². The molecule has 0 spiro atoms. The molecule has 10 nitrogen and oxygen atoms in total. The zero-order valence-corrected chi connectivity index (χ0v) is 43.0. The molecule has 4 N–H and O–H groups in total. The van der Waals surface area contributed by atoms with Crippen LogP contribution in [0.2, 0.25) is 0 Å². The number of carbonyl (C=O) groups is 2. The lowest BCUT2D eigenvalue weighted by molar-refractivity contribution is -0.129. The monoisotopic (exact) mass is 963 g/mol. The Morgan fingerprint density at radius 2 is 0.892 bits per heavy atom. The number of hydrogen-bond donors (Lipinski definition) is 4. The van der Waals surface area contributed by atoms with E-state index in [1.165, 1.54) is 35.3 Å². The van der Waals surface area contributed by atoms with Crippen molar-refractivity contribution >= 4 is 67.2 Å². The van der Waals surface area contributed by atoms with E-state index in [4.69, 9.17) is 18.9 Å². The number of likely N-dealkylation sites (N-methyl/N-ethyl adjacent to an activating group) is 1. The molecule has 0 heterocycles. The molecule has 0 fully saturated rings. The highest BCUT2D eigenvalue weighted by molar-refractivity contribution is 7.99. The number of hydrogen-bond acceptors (Lipinski definition) is 13. The van der Waals surface area contributed by atoms with Gasteiger partial charge < -0.3 is 40.2 Å². The van der Waals surface area contributed by atoms with Crippen molar-refractivity contribution in [1.29, 1.82) is 0 Å². The lowest BCUT2D eigenvalue weighted by Crippen LogP contribution is -2.40.